The highest BCUT2D eigenvalue weighted by Gasteiger charge is 2.27. The van der Waals surface area contributed by atoms with E-state index in [1.54, 1.807) is 0 Å². The normalized spacial score (nSPS) is 14.6. The van der Waals surface area contributed by atoms with Crippen molar-refractivity contribution in [1.29, 1.82) is 0 Å². The molecular formula is C19H23N3O4S. The lowest BCUT2D eigenvalue weighted by Crippen LogP contribution is -2.99. The first-order chi connectivity index (χ1) is 12.8. The van der Waals surface area contributed by atoms with Crippen LogP contribution < -0.4 is 9.95 Å². The summed E-state index contributed by atoms with van der Waals surface area (Å²) in [4.78, 5) is -0.222. The smallest absolute Gasteiger partial charge is 0.246 e. The Balaban J connectivity index is 1.90. The van der Waals surface area contributed by atoms with Gasteiger partial charge in [-0.3, -0.25) is 0 Å². The highest BCUT2D eigenvalue weighted by Crippen LogP contribution is 2.21. The van der Waals surface area contributed by atoms with E-state index in [1.807, 2.05) is 54.9 Å². The van der Waals surface area contributed by atoms with E-state index in [4.69, 9.17) is 0 Å². The Hall–Kier alpha value is -2.23. The van der Waals surface area contributed by atoms with Crippen molar-refractivity contribution in [3.05, 3.63) is 66.0 Å². The number of para-hydroxylation sites is 2. The fourth-order valence-electron chi connectivity index (χ4n) is 3.04. The molecule has 0 saturated heterocycles. The van der Waals surface area contributed by atoms with Gasteiger partial charge >= 0.3 is 0 Å². The molecular weight excluding hydrogens is 366 g/mol. The number of hydrogen-bond donors (Lipinski definition) is 3. The number of benzene rings is 2. The third kappa shape index (κ3) is 4.20. The molecule has 0 bridgehead atoms. The minimum absolute atomic E-state index is 0.0120. The molecule has 7 nitrogen and oxygen atoms in total. The number of hydrogen-bond acceptors (Lipinski definition) is 4. The van der Waals surface area contributed by atoms with Crippen molar-refractivity contribution in [3.63, 3.8) is 0 Å². The van der Waals surface area contributed by atoms with Crippen molar-refractivity contribution in [1.82, 2.24) is 9.29 Å². The maximum atomic E-state index is 12.9. The second kappa shape index (κ2) is 7.79. The molecule has 1 aromatic heterocycles. The van der Waals surface area contributed by atoms with Crippen molar-refractivity contribution in [2.24, 2.45) is 5.92 Å². The van der Waals surface area contributed by atoms with Crippen LogP contribution in [0.3, 0.4) is 0 Å². The Morgan fingerprint density at radius 3 is 2.48 bits per heavy atom. The Kier molecular flexibility index (Phi) is 5.64. The first kappa shape index (κ1) is 19.5. The summed E-state index contributed by atoms with van der Waals surface area (Å²) >= 11 is 0. The molecule has 0 spiro atoms. The fraction of sp³-hybridized carbons (Fsp3) is 0.263. The fourth-order valence-corrected chi connectivity index (χ4v) is 4.61. The molecule has 0 saturated carbocycles. The van der Waals surface area contributed by atoms with Gasteiger partial charge in [-0.2, -0.15) is 5.23 Å². The van der Waals surface area contributed by atoms with Crippen molar-refractivity contribution >= 4 is 26.6 Å². The molecule has 2 unspecified atom stereocenters. The summed E-state index contributed by atoms with van der Waals surface area (Å²) < 4.78 is 30.5. The van der Waals surface area contributed by atoms with Crippen LogP contribution >= 0.6 is 0 Å². The summed E-state index contributed by atoms with van der Waals surface area (Å²) in [6.07, 6.45) is 1.93. The first-order valence-corrected chi connectivity index (χ1v) is 10.2. The molecule has 8 heteroatoms. The molecule has 2 aromatic carbocycles. The van der Waals surface area contributed by atoms with Gasteiger partial charge < -0.3 is 9.77 Å². The Morgan fingerprint density at radius 1 is 1.11 bits per heavy atom. The molecule has 1 heterocycles. The highest BCUT2D eigenvalue weighted by molar-refractivity contribution is 7.89. The van der Waals surface area contributed by atoms with Crippen molar-refractivity contribution in [3.8, 4) is 0 Å². The third-order valence-electron chi connectivity index (χ3n) is 4.59. The summed E-state index contributed by atoms with van der Waals surface area (Å²) in [7, 11) is -3.98. The number of nitrogens with one attached hydrogen (secondary N) is 2. The first-order valence-electron chi connectivity index (χ1n) is 8.68. The maximum Gasteiger partial charge on any atom is 0.246 e. The van der Waals surface area contributed by atoms with Gasteiger partial charge in [0.15, 0.2) is 5.69 Å². The minimum Gasteiger partial charge on any atom is -0.595 e. The van der Waals surface area contributed by atoms with Crippen LogP contribution in [-0.4, -0.2) is 24.2 Å². The van der Waals surface area contributed by atoms with E-state index in [9.17, 15) is 18.8 Å². The van der Waals surface area contributed by atoms with Crippen molar-refractivity contribution in [2.45, 2.75) is 31.3 Å². The van der Waals surface area contributed by atoms with Gasteiger partial charge in [0.1, 0.15) is 4.90 Å². The zero-order chi connectivity index (χ0) is 19.6. The molecule has 3 aromatic rings. The predicted molar refractivity (Wildman–Crippen MR) is 103 cm³/mol. The molecule has 0 radical (unpaired) electrons. The van der Waals surface area contributed by atoms with E-state index < -0.39 is 21.3 Å². The van der Waals surface area contributed by atoms with E-state index >= 15 is 0 Å². The molecule has 27 heavy (non-hydrogen) atoms. The van der Waals surface area contributed by atoms with Crippen LogP contribution in [0.15, 0.2) is 65.7 Å². The van der Waals surface area contributed by atoms with E-state index in [2.05, 4.69) is 4.72 Å². The van der Waals surface area contributed by atoms with E-state index in [-0.39, 0.29) is 16.5 Å². The zero-order valence-electron chi connectivity index (χ0n) is 15.2. The van der Waals surface area contributed by atoms with Gasteiger partial charge in [-0.1, -0.05) is 44.2 Å². The van der Waals surface area contributed by atoms with Gasteiger partial charge in [0, 0.05) is 30.4 Å². The van der Waals surface area contributed by atoms with Crippen molar-refractivity contribution in [2.75, 3.05) is 0 Å². The topological polar surface area (TPSA) is 98.8 Å². The number of sulfonamides is 1. The Morgan fingerprint density at radius 2 is 1.78 bits per heavy atom. The average molecular weight is 389 g/mol. The zero-order valence-corrected chi connectivity index (χ0v) is 16.0. The standard InChI is InChI=1S/C19H23N3O4S/c1-14(2)16(13-21-12-11-15-7-3-4-8-17(15)21)20-27(25,26)19-10-6-5-9-18(19)22(23)24/h3-12,14,16,20,22-23H,13H2,1-2H3. The minimum atomic E-state index is -3.98. The quantitative estimate of drug-likeness (QED) is 0.539. The number of rotatable bonds is 7. The molecule has 2 atom stereocenters. The second-order valence-corrected chi connectivity index (χ2v) is 8.48. The summed E-state index contributed by atoms with van der Waals surface area (Å²) in [6.45, 7) is 4.31. The summed E-state index contributed by atoms with van der Waals surface area (Å²) in [5, 5.41) is 20.5. The van der Waals surface area contributed by atoms with Gasteiger partial charge in [0.25, 0.3) is 0 Å². The van der Waals surface area contributed by atoms with Gasteiger partial charge in [-0.05, 0) is 29.5 Å². The van der Waals surface area contributed by atoms with Crippen LogP contribution in [0.5, 0.6) is 0 Å². The lowest BCUT2D eigenvalue weighted by Gasteiger charge is -2.24. The van der Waals surface area contributed by atoms with Crippen LogP contribution in [-0.2, 0) is 16.6 Å². The summed E-state index contributed by atoms with van der Waals surface area (Å²) in [6, 6.07) is 15.1. The summed E-state index contributed by atoms with van der Waals surface area (Å²) in [5.41, 5.74) is 0.784. The highest BCUT2D eigenvalue weighted by atomic mass is 32.2. The largest absolute Gasteiger partial charge is 0.595 e. The maximum absolute atomic E-state index is 12.9. The molecule has 0 fully saturated rings. The molecule has 0 aliphatic carbocycles. The Labute approximate surface area is 158 Å². The van der Waals surface area contributed by atoms with Crippen LogP contribution in [0.1, 0.15) is 13.8 Å². The number of quaternary nitrogens is 1. The molecule has 0 aliphatic heterocycles. The molecule has 0 amide bonds. The molecule has 0 aliphatic rings. The van der Waals surface area contributed by atoms with Crippen LogP contribution in [0.4, 0.5) is 5.69 Å². The average Bonchev–Trinajstić information content (AvgIpc) is 3.04. The van der Waals surface area contributed by atoms with Crippen LogP contribution in [0, 0.1) is 11.1 Å². The van der Waals surface area contributed by atoms with E-state index in [1.165, 1.54) is 24.3 Å². The third-order valence-corrected chi connectivity index (χ3v) is 6.14. The van der Waals surface area contributed by atoms with Crippen LogP contribution in [0.2, 0.25) is 0 Å². The summed E-state index contributed by atoms with van der Waals surface area (Å²) in [5.74, 6) is 0.0120. The van der Waals surface area contributed by atoms with Gasteiger partial charge in [0.2, 0.25) is 10.0 Å². The molecule has 3 N–H and O–H groups in total. The van der Waals surface area contributed by atoms with Gasteiger partial charge in [-0.25, -0.2) is 18.3 Å². The lowest BCUT2D eigenvalue weighted by molar-refractivity contribution is -0.992. The second-order valence-electron chi connectivity index (χ2n) is 6.80. The van der Waals surface area contributed by atoms with Crippen molar-refractivity contribution < 1.29 is 18.9 Å². The van der Waals surface area contributed by atoms with Crippen LogP contribution in [0.25, 0.3) is 10.9 Å². The number of aromatic nitrogens is 1. The Bertz CT molecular complexity index is 1030. The SMILES string of the molecule is CC(C)C(Cn1ccc2ccccc21)NS(=O)(=O)c1ccccc1[NH+]([O-])O. The predicted octanol–water partition coefficient (Wildman–Crippen LogP) is 2.05. The number of fused-ring (bicyclic) bond motifs is 1. The monoisotopic (exact) mass is 389 g/mol. The lowest BCUT2D eigenvalue weighted by atomic mass is 10.1. The van der Waals surface area contributed by atoms with E-state index in [0.29, 0.717) is 6.54 Å². The van der Waals surface area contributed by atoms with Gasteiger partial charge in [0.05, 0.1) is 0 Å². The number of nitrogens with zero attached hydrogens (tertiary/aromatic N) is 1. The van der Waals surface area contributed by atoms with Gasteiger partial charge in [-0.15, -0.1) is 0 Å². The molecule has 3 rings (SSSR count). The molecule has 144 valence electrons. The van der Waals surface area contributed by atoms with E-state index in [0.717, 1.165) is 10.9 Å².